The minimum Gasteiger partial charge on any atom is -0.495 e. The molecule has 0 unspecified atom stereocenters. The lowest BCUT2D eigenvalue weighted by molar-refractivity contribution is 0.416. The molecule has 19 heavy (non-hydrogen) atoms. The van der Waals surface area contributed by atoms with Gasteiger partial charge in [0.05, 0.1) is 12.8 Å². The van der Waals surface area contributed by atoms with Crippen molar-refractivity contribution in [1.29, 1.82) is 0 Å². The Balaban J connectivity index is 2.14. The number of hydrogen-bond acceptors (Lipinski definition) is 3. The monoisotopic (exact) mass is 276 g/mol. The Morgan fingerprint density at radius 2 is 2.05 bits per heavy atom. The molecule has 3 nitrogen and oxygen atoms in total. The zero-order chi connectivity index (χ0) is 13.8. The van der Waals surface area contributed by atoms with Gasteiger partial charge >= 0.3 is 0 Å². The molecule has 1 aromatic carbocycles. The first-order valence-electron chi connectivity index (χ1n) is 6.09. The van der Waals surface area contributed by atoms with Gasteiger partial charge in [-0.1, -0.05) is 17.7 Å². The van der Waals surface area contributed by atoms with E-state index in [1.165, 1.54) is 0 Å². The average Bonchev–Trinajstić information content (AvgIpc) is 2.41. The summed E-state index contributed by atoms with van der Waals surface area (Å²) >= 11 is 6.08. The van der Waals surface area contributed by atoms with Crippen molar-refractivity contribution in [3.05, 3.63) is 52.3 Å². The molecule has 0 atom stereocenters. The van der Waals surface area contributed by atoms with Crippen LogP contribution >= 0.6 is 11.6 Å². The lowest BCUT2D eigenvalue weighted by atomic mass is 10.2. The van der Waals surface area contributed by atoms with E-state index in [9.17, 15) is 0 Å². The van der Waals surface area contributed by atoms with Gasteiger partial charge in [0.25, 0.3) is 0 Å². The van der Waals surface area contributed by atoms with Crippen LogP contribution in [0.15, 0.2) is 30.5 Å². The number of benzene rings is 1. The fourth-order valence-electron chi connectivity index (χ4n) is 1.77. The van der Waals surface area contributed by atoms with Crippen LogP contribution in [-0.2, 0) is 6.54 Å². The number of anilines is 1. The fraction of sp³-hybridized carbons (Fsp3) is 0.267. The molecule has 1 N–H and O–H groups in total. The van der Waals surface area contributed by atoms with Crippen LogP contribution in [0.25, 0.3) is 0 Å². The van der Waals surface area contributed by atoms with E-state index < -0.39 is 0 Å². The maximum absolute atomic E-state index is 6.08. The maximum Gasteiger partial charge on any atom is 0.143 e. The number of halogens is 1. The number of hydrogen-bond donors (Lipinski definition) is 1. The smallest absolute Gasteiger partial charge is 0.143 e. The van der Waals surface area contributed by atoms with Gasteiger partial charge in [-0.25, -0.2) is 0 Å². The van der Waals surface area contributed by atoms with E-state index in [2.05, 4.69) is 16.4 Å². The molecule has 0 fully saturated rings. The molecule has 1 heterocycles. The van der Waals surface area contributed by atoms with E-state index in [0.29, 0.717) is 11.6 Å². The van der Waals surface area contributed by atoms with E-state index in [0.717, 1.165) is 28.3 Å². The zero-order valence-electron chi connectivity index (χ0n) is 11.3. The van der Waals surface area contributed by atoms with Gasteiger partial charge in [0.15, 0.2) is 0 Å². The van der Waals surface area contributed by atoms with Crippen molar-refractivity contribution in [2.45, 2.75) is 20.4 Å². The van der Waals surface area contributed by atoms with Gasteiger partial charge in [0.1, 0.15) is 5.75 Å². The second-order valence-corrected chi connectivity index (χ2v) is 4.87. The van der Waals surface area contributed by atoms with Crippen LogP contribution in [0.5, 0.6) is 5.75 Å². The number of aryl methyl sites for hydroxylation is 2. The second-order valence-electron chi connectivity index (χ2n) is 4.46. The van der Waals surface area contributed by atoms with Crippen molar-refractivity contribution in [2.75, 3.05) is 12.4 Å². The van der Waals surface area contributed by atoms with Crippen molar-refractivity contribution in [3.8, 4) is 5.75 Å². The van der Waals surface area contributed by atoms with Gasteiger partial charge in [0.2, 0.25) is 0 Å². The SMILES string of the molecule is COc1cc(Cl)c(C)cc1NCc1ccc(C)nc1. The molecule has 100 valence electrons. The Morgan fingerprint density at radius 1 is 1.26 bits per heavy atom. The largest absolute Gasteiger partial charge is 0.495 e. The first-order valence-corrected chi connectivity index (χ1v) is 6.47. The highest BCUT2D eigenvalue weighted by molar-refractivity contribution is 6.31. The zero-order valence-corrected chi connectivity index (χ0v) is 12.1. The van der Waals surface area contributed by atoms with Gasteiger partial charge in [-0.2, -0.15) is 0 Å². The summed E-state index contributed by atoms with van der Waals surface area (Å²) in [6, 6.07) is 7.88. The molecule has 0 aliphatic carbocycles. The Labute approximate surface area is 118 Å². The van der Waals surface area contributed by atoms with Crippen LogP contribution in [0.1, 0.15) is 16.8 Å². The number of methoxy groups -OCH3 is 1. The van der Waals surface area contributed by atoms with E-state index >= 15 is 0 Å². The number of aromatic nitrogens is 1. The molecule has 2 aromatic rings. The van der Waals surface area contributed by atoms with Gasteiger partial charge in [0, 0.05) is 29.5 Å². The maximum atomic E-state index is 6.08. The van der Waals surface area contributed by atoms with E-state index in [1.807, 2.05) is 38.2 Å². The van der Waals surface area contributed by atoms with Crippen LogP contribution in [-0.4, -0.2) is 12.1 Å². The van der Waals surface area contributed by atoms with Crippen LogP contribution in [0, 0.1) is 13.8 Å². The summed E-state index contributed by atoms with van der Waals surface area (Å²) in [6.45, 7) is 4.65. The molecule has 0 spiro atoms. The molecule has 0 radical (unpaired) electrons. The molecule has 0 saturated carbocycles. The normalized spacial score (nSPS) is 10.3. The van der Waals surface area contributed by atoms with Crippen LogP contribution < -0.4 is 10.1 Å². The van der Waals surface area contributed by atoms with Crippen molar-refractivity contribution >= 4 is 17.3 Å². The quantitative estimate of drug-likeness (QED) is 0.917. The summed E-state index contributed by atoms with van der Waals surface area (Å²) in [5.74, 6) is 0.746. The van der Waals surface area contributed by atoms with E-state index in [-0.39, 0.29) is 0 Å². The summed E-state index contributed by atoms with van der Waals surface area (Å²) in [4.78, 5) is 4.27. The van der Waals surface area contributed by atoms with Gasteiger partial charge < -0.3 is 10.1 Å². The second kappa shape index (κ2) is 5.93. The Bertz CT molecular complexity index is 567. The average molecular weight is 277 g/mol. The lowest BCUT2D eigenvalue weighted by Crippen LogP contribution is -2.02. The first kappa shape index (κ1) is 13.7. The van der Waals surface area contributed by atoms with Crippen molar-refractivity contribution in [3.63, 3.8) is 0 Å². The third kappa shape index (κ3) is 3.38. The molecule has 0 saturated heterocycles. The third-order valence-electron chi connectivity index (χ3n) is 2.94. The summed E-state index contributed by atoms with van der Waals surface area (Å²) in [7, 11) is 1.64. The number of nitrogens with one attached hydrogen (secondary N) is 1. The molecule has 0 aliphatic rings. The highest BCUT2D eigenvalue weighted by Gasteiger charge is 2.06. The molecule has 0 amide bonds. The molecule has 1 aromatic heterocycles. The molecule has 2 rings (SSSR count). The highest BCUT2D eigenvalue weighted by atomic mass is 35.5. The Hall–Kier alpha value is -1.74. The Kier molecular flexibility index (Phi) is 4.27. The summed E-state index contributed by atoms with van der Waals surface area (Å²) < 4.78 is 5.33. The van der Waals surface area contributed by atoms with Gasteiger partial charge in [-0.05, 0) is 37.1 Å². The summed E-state index contributed by atoms with van der Waals surface area (Å²) in [5.41, 5.74) is 4.10. The fourth-order valence-corrected chi connectivity index (χ4v) is 1.92. The number of pyridine rings is 1. The van der Waals surface area contributed by atoms with Gasteiger partial charge in [-0.3, -0.25) is 4.98 Å². The summed E-state index contributed by atoms with van der Waals surface area (Å²) in [5, 5.41) is 4.05. The molecular formula is C15H17ClN2O. The summed E-state index contributed by atoms with van der Waals surface area (Å²) in [6.07, 6.45) is 1.87. The standard InChI is InChI=1S/C15H17ClN2O/c1-10-6-14(15(19-3)7-13(10)16)18-9-12-5-4-11(2)17-8-12/h4-8,18H,9H2,1-3H3. The lowest BCUT2D eigenvalue weighted by Gasteiger charge is -2.13. The van der Waals surface area contributed by atoms with E-state index in [1.54, 1.807) is 7.11 Å². The first-order chi connectivity index (χ1) is 9.10. The minimum absolute atomic E-state index is 0.699. The molecule has 0 bridgehead atoms. The Morgan fingerprint density at radius 3 is 2.68 bits per heavy atom. The van der Waals surface area contributed by atoms with Gasteiger partial charge in [-0.15, -0.1) is 0 Å². The molecule has 4 heteroatoms. The number of nitrogens with zero attached hydrogens (tertiary/aromatic N) is 1. The van der Waals surface area contributed by atoms with Crippen LogP contribution in [0.3, 0.4) is 0 Å². The molecule has 0 aliphatic heterocycles. The minimum atomic E-state index is 0.699. The molecular weight excluding hydrogens is 260 g/mol. The van der Waals surface area contributed by atoms with Crippen molar-refractivity contribution in [1.82, 2.24) is 4.98 Å². The van der Waals surface area contributed by atoms with Crippen LogP contribution in [0.4, 0.5) is 5.69 Å². The van der Waals surface area contributed by atoms with Crippen molar-refractivity contribution in [2.24, 2.45) is 0 Å². The number of ether oxygens (including phenoxy) is 1. The van der Waals surface area contributed by atoms with E-state index in [4.69, 9.17) is 16.3 Å². The predicted molar refractivity (Wildman–Crippen MR) is 79.0 cm³/mol. The number of rotatable bonds is 4. The van der Waals surface area contributed by atoms with Crippen LogP contribution in [0.2, 0.25) is 5.02 Å². The topological polar surface area (TPSA) is 34.1 Å². The predicted octanol–water partition coefficient (Wildman–Crippen LogP) is 3.97. The highest BCUT2D eigenvalue weighted by Crippen LogP contribution is 2.31. The van der Waals surface area contributed by atoms with Crippen molar-refractivity contribution < 1.29 is 4.74 Å². The third-order valence-corrected chi connectivity index (χ3v) is 3.34.